The second-order valence-corrected chi connectivity index (χ2v) is 10.0. The normalized spacial score (nSPS) is 62.6. The summed E-state index contributed by atoms with van der Waals surface area (Å²) in [5, 5.41) is 0. The first kappa shape index (κ1) is 14.3. The van der Waals surface area contributed by atoms with Crippen LogP contribution in [0.1, 0.15) is 78.6 Å². The van der Waals surface area contributed by atoms with Crippen molar-refractivity contribution in [2.24, 2.45) is 40.4 Å². The maximum Gasteiger partial charge on any atom is 0.0847 e. The van der Waals surface area contributed by atoms with Gasteiger partial charge in [-0.05, 0) is 91.8 Å². The molecule has 0 N–H and O–H groups in total. The van der Waals surface area contributed by atoms with E-state index in [1.807, 2.05) is 0 Å². The molecular formula is C21H34O. The van der Waals surface area contributed by atoms with Crippen molar-refractivity contribution in [1.29, 1.82) is 0 Å². The van der Waals surface area contributed by atoms with E-state index in [1.54, 1.807) is 12.8 Å². The molecule has 1 saturated heterocycles. The first-order chi connectivity index (χ1) is 10.6. The molecule has 0 unspecified atom stereocenters. The zero-order chi connectivity index (χ0) is 15.1. The van der Waals surface area contributed by atoms with Gasteiger partial charge in [-0.3, -0.25) is 0 Å². The van der Waals surface area contributed by atoms with Gasteiger partial charge in [-0.2, -0.15) is 0 Å². The lowest BCUT2D eigenvalue weighted by atomic mass is 9.45. The van der Waals surface area contributed by atoms with Crippen molar-refractivity contribution >= 4 is 0 Å². The van der Waals surface area contributed by atoms with Gasteiger partial charge in [-0.25, -0.2) is 0 Å². The molecule has 1 heterocycles. The molecule has 0 bridgehead atoms. The highest BCUT2D eigenvalue weighted by molar-refractivity contribution is 5.12. The van der Waals surface area contributed by atoms with E-state index in [1.165, 1.54) is 44.9 Å². The van der Waals surface area contributed by atoms with Crippen molar-refractivity contribution in [2.45, 2.75) is 90.8 Å². The van der Waals surface area contributed by atoms with Gasteiger partial charge < -0.3 is 4.74 Å². The maximum absolute atomic E-state index is 5.96. The third-order valence-electron chi connectivity index (χ3n) is 9.60. The lowest BCUT2D eigenvalue weighted by Crippen LogP contribution is -2.53. The van der Waals surface area contributed by atoms with Crippen molar-refractivity contribution in [2.75, 3.05) is 0 Å². The number of ether oxygens (including phenoxy) is 1. The molecule has 4 aliphatic carbocycles. The van der Waals surface area contributed by atoms with Crippen LogP contribution < -0.4 is 0 Å². The molecule has 9 atom stereocenters. The van der Waals surface area contributed by atoms with E-state index < -0.39 is 0 Å². The predicted molar refractivity (Wildman–Crippen MR) is 89.6 cm³/mol. The largest absolute Gasteiger partial charge is 0.370 e. The van der Waals surface area contributed by atoms with E-state index in [2.05, 4.69) is 20.8 Å². The van der Waals surface area contributed by atoms with Gasteiger partial charge >= 0.3 is 0 Å². The van der Waals surface area contributed by atoms with Crippen LogP contribution in [0, 0.1) is 40.4 Å². The summed E-state index contributed by atoms with van der Waals surface area (Å²) < 4.78 is 5.96. The van der Waals surface area contributed by atoms with Crippen molar-refractivity contribution in [3.05, 3.63) is 0 Å². The van der Waals surface area contributed by atoms with Gasteiger partial charge in [0.15, 0.2) is 0 Å². The van der Waals surface area contributed by atoms with Crippen LogP contribution in [0.25, 0.3) is 0 Å². The van der Waals surface area contributed by atoms with Crippen molar-refractivity contribution in [3.63, 3.8) is 0 Å². The monoisotopic (exact) mass is 302 g/mol. The van der Waals surface area contributed by atoms with Crippen LogP contribution >= 0.6 is 0 Å². The molecule has 5 aliphatic rings. The lowest BCUT2D eigenvalue weighted by molar-refractivity contribution is -0.106. The molecule has 0 radical (unpaired) electrons. The van der Waals surface area contributed by atoms with Gasteiger partial charge in [0.05, 0.1) is 12.2 Å². The van der Waals surface area contributed by atoms with Crippen molar-refractivity contribution in [3.8, 4) is 0 Å². The Labute approximate surface area is 136 Å². The Balaban J connectivity index is 1.45. The van der Waals surface area contributed by atoms with Gasteiger partial charge in [0.1, 0.15) is 0 Å². The maximum atomic E-state index is 5.96. The van der Waals surface area contributed by atoms with Crippen molar-refractivity contribution in [1.82, 2.24) is 0 Å². The summed E-state index contributed by atoms with van der Waals surface area (Å²) in [7, 11) is 0. The Morgan fingerprint density at radius 1 is 0.909 bits per heavy atom. The van der Waals surface area contributed by atoms with E-state index in [-0.39, 0.29) is 0 Å². The minimum atomic E-state index is 0.617. The molecule has 0 amide bonds. The zero-order valence-electron chi connectivity index (χ0n) is 14.8. The standard InChI is InChI=1S/C21H34O/c1-4-13-6-8-16-15-7-5-14-11-18-19(22-18)12-21(14,3)17(15)9-10-20(13,16)2/h13-19H,4-12H2,1-3H3/t13-,14-,15-,16-,17-,18+,19-,20+,21-/m0/s1. The molecule has 124 valence electrons. The summed E-state index contributed by atoms with van der Waals surface area (Å²) in [5.74, 6) is 5.11. The van der Waals surface area contributed by atoms with Crippen LogP contribution in [-0.4, -0.2) is 12.2 Å². The number of fused-ring (bicyclic) bond motifs is 6. The van der Waals surface area contributed by atoms with Crippen LogP contribution in [-0.2, 0) is 4.74 Å². The molecule has 5 rings (SSSR count). The number of rotatable bonds is 1. The second-order valence-electron chi connectivity index (χ2n) is 10.0. The Bertz CT molecular complexity index is 473. The van der Waals surface area contributed by atoms with Gasteiger partial charge in [0.2, 0.25) is 0 Å². The first-order valence-corrected chi connectivity index (χ1v) is 10.2. The van der Waals surface area contributed by atoms with Gasteiger partial charge in [0, 0.05) is 0 Å². The quantitative estimate of drug-likeness (QED) is 0.588. The molecule has 22 heavy (non-hydrogen) atoms. The summed E-state index contributed by atoms with van der Waals surface area (Å²) in [5.41, 5.74) is 1.30. The molecule has 0 spiro atoms. The van der Waals surface area contributed by atoms with Crippen molar-refractivity contribution < 1.29 is 4.74 Å². The van der Waals surface area contributed by atoms with Crippen LogP contribution in [0.3, 0.4) is 0 Å². The molecule has 1 aliphatic heterocycles. The van der Waals surface area contributed by atoms with E-state index in [0.29, 0.717) is 23.0 Å². The molecule has 0 aromatic carbocycles. The van der Waals surface area contributed by atoms with Crippen LogP contribution in [0.5, 0.6) is 0 Å². The van der Waals surface area contributed by atoms with E-state index in [0.717, 1.165) is 29.6 Å². The van der Waals surface area contributed by atoms with Crippen LogP contribution in [0.15, 0.2) is 0 Å². The molecule has 4 saturated carbocycles. The lowest BCUT2D eigenvalue weighted by Gasteiger charge is -2.60. The number of hydrogen-bond acceptors (Lipinski definition) is 1. The third kappa shape index (κ3) is 1.70. The topological polar surface area (TPSA) is 12.5 Å². The van der Waals surface area contributed by atoms with E-state index in [9.17, 15) is 0 Å². The SMILES string of the molecule is CC[C@H]1CC[C@H]2[C@@H]3CC[C@H]4C[C@H]5O[C@H]5C[C@]4(C)[C@H]3CC[C@]12C. The Kier molecular flexibility index (Phi) is 2.94. The summed E-state index contributed by atoms with van der Waals surface area (Å²) in [6.45, 7) is 7.78. The summed E-state index contributed by atoms with van der Waals surface area (Å²) >= 11 is 0. The van der Waals surface area contributed by atoms with Crippen LogP contribution in [0.2, 0.25) is 0 Å². The molecule has 5 fully saturated rings. The second kappa shape index (κ2) is 4.52. The summed E-state index contributed by atoms with van der Waals surface area (Å²) in [4.78, 5) is 0. The Hall–Kier alpha value is -0.0400. The number of epoxide rings is 1. The fourth-order valence-corrected chi connectivity index (χ4v) is 8.30. The molecular weight excluding hydrogens is 268 g/mol. The fraction of sp³-hybridized carbons (Fsp3) is 1.00. The molecule has 1 heteroatoms. The van der Waals surface area contributed by atoms with Gasteiger partial charge in [-0.15, -0.1) is 0 Å². The Morgan fingerprint density at radius 3 is 2.55 bits per heavy atom. The predicted octanol–water partition coefficient (Wildman–Crippen LogP) is 5.43. The zero-order valence-corrected chi connectivity index (χ0v) is 14.8. The van der Waals surface area contributed by atoms with E-state index >= 15 is 0 Å². The summed E-state index contributed by atoms with van der Waals surface area (Å²) in [6, 6.07) is 0. The minimum Gasteiger partial charge on any atom is -0.370 e. The highest BCUT2D eigenvalue weighted by atomic mass is 16.6. The molecule has 0 aromatic rings. The molecule has 1 nitrogen and oxygen atoms in total. The Morgan fingerprint density at radius 2 is 1.73 bits per heavy atom. The van der Waals surface area contributed by atoms with Gasteiger partial charge in [0.25, 0.3) is 0 Å². The first-order valence-electron chi connectivity index (χ1n) is 10.2. The third-order valence-corrected chi connectivity index (χ3v) is 9.60. The summed E-state index contributed by atoms with van der Waals surface area (Å²) in [6.07, 6.45) is 14.7. The number of hydrogen-bond donors (Lipinski definition) is 0. The average Bonchev–Trinajstić information content (AvgIpc) is 3.14. The molecule has 0 aromatic heterocycles. The van der Waals surface area contributed by atoms with E-state index in [4.69, 9.17) is 4.74 Å². The highest BCUT2D eigenvalue weighted by Gasteiger charge is 2.63. The minimum absolute atomic E-state index is 0.617. The highest BCUT2D eigenvalue weighted by Crippen LogP contribution is 2.69. The smallest absolute Gasteiger partial charge is 0.0847 e. The fourth-order valence-electron chi connectivity index (χ4n) is 8.30. The van der Waals surface area contributed by atoms with Gasteiger partial charge in [-0.1, -0.05) is 27.2 Å². The average molecular weight is 303 g/mol. The van der Waals surface area contributed by atoms with Crippen LogP contribution in [0.4, 0.5) is 0 Å².